The molecule has 1 saturated heterocycles. The van der Waals surface area contributed by atoms with Gasteiger partial charge < -0.3 is 15.4 Å². The molecule has 2 rings (SSSR count). The fourth-order valence-corrected chi connectivity index (χ4v) is 2.66. The molecule has 0 aliphatic carbocycles. The minimum Gasteiger partial charge on any atom is -0.384 e. The van der Waals surface area contributed by atoms with E-state index in [-0.39, 0.29) is 5.91 Å². The average molecular weight is 262 g/mol. The van der Waals surface area contributed by atoms with Crippen molar-refractivity contribution in [2.24, 2.45) is 11.7 Å². The lowest BCUT2D eigenvalue weighted by molar-refractivity contribution is 0.0774. The second-order valence-electron chi connectivity index (χ2n) is 5.06. The summed E-state index contributed by atoms with van der Waals surface area (Å²) in [4.78, 5) is 14.5. The zero-order valence-electron chi connectivity index (χ0n) is 11.5. The molecule has 1 fully saturated rings. The van der Waals surface area contributed by atoms with E-state index in [4.69, 9.17) is 10.5 Å². The quantitative estimate of drug-likeness (QED) is 0.870. The summed E-state index contributed by atoms with van der Waals surface area (Å²) in [5.74, 6) is 0.596. The molecule has 4 nitrogen and oxygen atoms in total. The lowest BCUT2D eigenvalue weighted by Gasteiger charge is -2.18. The van der Waals surface area contributed by atoms with Crippen LogP contribution in [-0.4, -0.2) is 44.2 Å². The highest BCUT2D eigenvalue weighted by molar-refractivity contribution is 5.95. The van der Waals surface area contributed by atoms with E-state index in [0.717, 1.165) is 43.7 Å². The van der Waals surface area contributed by atoms with Gasteiger partial charge in [0.25, 0.3) is 5.91 Å². The van der Waals surface area contributed by atoms with Crippen LogP contribution in [0.4, 0.5) is 0 Å². The van der Waals surface area contributed by atoms with Gasteiger partial charge in [0.05, 0.1) is 6.61 Å². The third kappa shape index (κ3) is 3.33. The first kappa shape index (κ1) is 14.0. The molecular formula is C15H22N2O2. The first-order valence-electron chi connectivity index (χ1n) is 6.82. The molecule has 2 N–H and O–H groups in total. The number of nitrogens with zero attached hydrogens (tertiary/aromatic N) is 1. The van der Waals surface area contributed by atoms with Crippen molar-refractivity contribution >= 4 is 5.91 Å². The van der Waals surface area contributed by atoms with Crippen molar-refractivity contribution in [2.75, 3.05) is 33.4 Å². The van der Waals surface area contributed by atoms with Crippen molar-refractivity contribution < 1.29 is 9.53 Å². The van der Waals surface area contributed by atoms with Crippen LogP contribution in [0.3, 0.4) is 0 Å². The lowest BCUT2D eigenvalue weighted by atomic mass is 10.0. The van der Waals surface area contributed by atoms with Gasteiger partial charge in [-0.3, -0.25) is 4.79 Å². The molecule has 19 heavy (non-hydrogen) atoms. The van der Waals surface area contributed by atoms with Gasteiger partial charge in [-0.2, -0.15) is 0 Å². The monoisotopic (exact) mass is 262 g/mol. The highest BCUT2D eigenvalue weighted by Gasteiger charge is 2.27. The van der Waals surface area contributed by atoms with Crippen LogP contribution < -0.4 is 5.73 Å². The summed E-state index contributed by atoms with van der Waals surface area (Å²) in [5.41, 5.74) is 7.45. The van der Waals surface area contributed by atoms with E-state index in [9.17, 15) is 4.79 Å². The fourth-order valence-electron chi connectivity index (χ4n) is 2.66. The van der Waals surface area contributed by atoms with Crippen molar-refractivity contribution in [3.8, 4) is 0 Å². The van der Waals surface area contributed by atoms with Gasteiger partial charge >= 0.3 is 0 Å². The molecule has 0 bridgehead atoms. The number of nitrogens with two attached hydrogens (primary N) is 1. The largest absolute Gasteiger partial charge is 0.384 e. The summed E-state index contributed by atoms with van der Waals surface area (Å²) in [5, 5.41) is 0. The molecule has 0 radical (unpaired) electrons. The minimum atomic E-state index is 0.127. The SMILES string of the molecule is COCC1CCN(C(=O)c2ccccc2CCN)C1. The molecule has 1 aliphatic rings. The number of methoxy groups -OCH3 is 1. The van der Waals surface area contributed by atoms with Gasteiger partial charge in [0, 0.05) is 31.7 Å². The number of ether oxygens (including phenoxy) is 1. The Kier molecular flexibility index (Phi) is 4.93. The molecule has 1 aromatic carbocycles. The van der Waals surface area contributed by atoms with Gasteiger partial charge in [0.15, 0.2) is 0 Å². The predicted octanol–water partition coefficient (Wildman–Crippen LogP) is 1.30. The summed E-state index contributed by atoms with van der Waals surface area (Å²) in [6, 6.07) is 7.76. The predicted molar refractivity (Wildman–Crippen MR) is 75.1 cm³/mol. The van der Waals surface area contributed by atoms with Crippen LogP contribution in [-0.2, 0) is 11.2 Å². The van der Waals surface area contributed by atoms with Gasteiger partial charge in [-0.25, -0.2) is 0 Å². The van der Waals surface area contributed by atoms with Crippen molar-refractivity contribution in [2.45, 2.75) is 12.8 Å². The molecule has 1 atom stereocenters. The summed E-state index contributed by atoms with van der Waals surface area (Å²) < 4.78 is 5.17. The van der Waals surface area contributed by atoms with E-state index in [0.29, 0.717) is 12.5 Å². The zero-order valence-corrected chi connectivity index (χ0v) is 11.5. The number of carbonyl (C=O) groups excluding carboxylic acids is 1. The molecule has 0 spiro atoms. The minimum absolute atomic E-state index is 0.127. The first-order valence-corrected chi connectivity index (χ1v) is 6.82. The Morgan fingerprint density at radius 3 is 3.00 bits per heavy atom. The van der Waals surface area contributed by atoms with Crippen LogP contribution in [0.25, 0.3) is 0 Å². The van der Waals surface area contributed by atoms with Crippen molar-refractivity contribution in [3.63, 3.8) is 0 Å². The van der Waals surface area contributed by atoms with E-state index in [1.54, 1.807) is 7.11 Å². The molecule has 1 unspecified atom stereocenters. The maximum absolute atomic E-state index is 12.5. The van der Waals surface area contributed by atoms with Crippen molar-refractivity contribution in [3.05, 3.63) is 35.4 Å². The Balaban J connectivity index is 2.08. The van der Waals surface area contributed by atoms with E-state index < -0.39 is 0 Å². The van der Waals surface area contributed by atoms with Gasteiger partial charge in [0.2, 0.25) is 0 Å². The fraction of sp³-hybridized carbons (Fsp3) is 0.533. The van der Waals surface area contributed by atoms with Crippen LogP contribution in [0, 0.1) is 5.92 Å². The number of hydrogen-bond donors (Lipinski definition) is 1. The maximum atomic E-state index is 12.5. The van der Waals surface area contributed by atoms with Crippen LogP contribution in [0.2, 0.25) is 0 Å². The maximum Gasteiger partial charge on any atom is 0.254 e. The lowest BCUT2D eigenvalue weighted by Crippen LogP contribution is -2.30. The Morgan fingerprint density at radius 2 is 2.26 bits per heavy atom. The van der Waals surface area contributed by atoms with Gasteiger partial charge in [-0.15, -0.1) is 0 Å². The molecule has 1 heterocycles. The highest BCUT2D eigenvalue weighted by atomic mass is 16.5. The Morgan fingerprint density at radius 1 is 1.47 bits per heavy atom. The molecule has 1 amide bonds. The number of likely N-dealkylation sites (tertiary alicyclic amines) is 1. The number of carbonyl (C=O) groups is 1. The first-order chi connectivity index (χ1) is 9.26. The Bertz CT molecular complexity index is 434. The van der Waals surface area contributed by atoms with Crippen molar-refractivity contribution in [1.82, 2.24) is 4.90 Å². The van der Waals surface area contributed by atoms with E-state index in [2.05, 4.69) is 0 Å². The standard InChI is InChI=1S/C15H22N2O2/c1-19-11-12-7-9-17(10-12)15(18)14-5-3-2-4-13(14)6-8-16/h2-5,12H,6-11,16H2,1H3. The average Bonchev–Trinajstić information content (AvgIpc) is 2.88. The van der Waals surface area contributed by atoms with Crippen LogP contribution in [0.5, 0.6) is 0 Å². The topological polar surface area (TPSA) is 55.6 Å². The molecule has 104 valence electrons. The number of rotatable bonds is 5. The van der Waals surface area contributed by atoms with Gasteiger partial charge in [0.1, 0.15) is 0 Å². The molecule has 4 heteroatoms. The van der Waals surface area contributed by atoms with Crippen LogP contribution in [0.15, 0.2) is 24.3 Å². The summed E-state index contributed by atoms with van der Waals surface area (Å²) in [6.07, 6.45) is 1.77. The van der Waals surface area contributed by atoms with E-state index in [1.807, 2.05) is 29.2 Å². The van der Waals surface area contributed by atoms with Crippen LogP contribution in [0.1, 0.15) is 22.3 Å². The third-order valence-corrected chi connectivity index (χ3v) is 3.64. The van der Waals surface area contributed by atoms with Gasteiger partial charge in [-0.05, 0) is 31.0 Å². The third-order valence-electron chi connectivity index (χ3n) is 3.64. The van der Waals surface area contributed by atoms with Crippen molar-refractivity contribution in [1.29, 1.82) is 0 Å². The Labute approximate surface area is 114 Å². The number of amides is 1. The van der Waals surface area contributed by atoms with Gasteiger partial charge in [-0.1, -0.05) is 18.2 Å². The molecule has 1 aliphatic heterocycles. The molecule has 1 aromatic rings. The summed E-state index contributed by atoms with van der Waals surface area (Å²) in [7, 11) is 1.71. The number of benzene rings is 1. The molecule has 0 saturated carbocycles. The molecular weight excluding hydrogens is 240 g/mol. The second-order valence-corrected chi connectivity index (χ2v) is 5.06. The summed E-state index contributed by atoms with van der Waals surface area (Å²) >= 11 is 0. The Hall–Kier alpha value is -1.39. The van der Waals surface area contributed by atoms with E-state index in [1.165, 1.54) is 0 Å². The number of hydrogen-bond acceptors (Lipinski definition) is 3. The van der Waals surface area contributed by atoms with E-state index >= 15 is 0 Å². The summed E-state index contributed by atoms with van der Waals surface area (Å²) in [6.45, 7) is 2.91. The highest BCUT2D eigenvalue weighted by Crippen LogP contribution is 2.20. The smallest absolute Gasteiger partial charge is 0.254 e. The second kappa shape index (κ2) is 6.68. The molecule has 0 aromatic heterocycles. The normalized spacial score (nSPS) is 18.8. The van der Waals surface area contributed by atoms with Crippen LogP contribution >= 0.6 is 0 Å². The zero-order chi connectivity index (χ0) is 13.7.